The first-order valence-electron chi connectivity index (χ1n) is 8.43. The molecular weight excluding hydrogens is 330 g/mol. The molecule has 1 aromatic heterocycles. The molecule has 0 fully saturated rings. The highest BCUT2D eigenvalue weighted by Crippen LogP contribution is 2.25. The van der Waals surface area contributed by atoms with Gasteiger partial charge in [-0.15, -0.1) is 0 Å². The smallest absolute Gasteiger partial charge is 0.244 e. The Labute approximate surface area is 151 Å². The minimum absolute atomic E-state index is 0.00753. The molecule has 2 aromatic carbocycles. The van der Waals surface area contributed by atoms with Gasteiger partial charge < -0.3 is 0 Å². The van der Waals surface area contributed by atoms with Gasteiger partial charge in [0.2, 0.25) is 0 Å². The molecule has 0 saturated heterocycles. The van der Waals surface area contributed by atoms with Crippen molar-refractivity contribution in [2.45, 2.75) is 33.6 Å². The highest BCUT2D eigenvalue weighted by Gasteiger charge is 2.26. The van der Waals surface area contributed by atoms with Crippen molar-refractivity contribution in [2.24, 2.45) is 5.10 Å². The molecule has 0 aliphatic rings. The van der Waals surface area contributed by atoms with E-state index in [-0.39, 0.29) is 5.91 Å². The Morgan fingerprint density at radius 3 is 2.80 bits per heavy atom. The number of para-hydroxylation sites is 1. The number of rotatable bonds is 5. The third kappa shape index (κ3) is 3.94. The van der Waals surface area contributed by atoms with E-state index < -0.39 is 0 Å². The predicted octanol–water partition coefficient (Wildman–Crippen LogP) is 4.50. The van der Waals surface area contributed by atoms with Crippen LogP contribution >= 0.6 is 11.3 Å². The summed E-state index contributed by atoms with van der Waals surface area (Å²) in [6, 6.07) is 14.2. The normalized spacial score (nSPS) is 11.3. The lowest BCUT2D eigenvalue weighted by atomic mass is 10.1. The van der Waals surface area contributed by atoms with E-state index in [1.54, 1.807) is 6.21 Å². The summed E-state index contributed by atoms with van der Waals surface area (Å²) in [4.78, 5) is 15.9. The first-order chi connectivity index (χ1) is 12.1. The fraction of sp³-hybridized carbons (Fsp3) is 0.250. The number of amides is 1. The Balaban J connectivity index is 1.98. The number of fused-ring (bicyclic) bond motifs is 1. The second-order valence-electron chi connectivity index (χ2n) is 6.09. The molecule has 1 amide bonds. The average Bonchev–Trinajstić information content (AvgIpc) is 3.02. The van der Waals surface area contributed by atoms with Gasteiger partial charge in [-0.25, -0.2) is 9.78 Å². The highest BCUT2D eigenvalue weighted by atomic mass is 32.1. The Morgan fingerprint density at radius 2 is 2.04 bits per heavy atom. The van der Waals surface area contributed by atoms with Crippen molar-refractivity contribution in [1.82, 2.24) is 0 Å². The number of hydrazone groups is 1. The summed E-state index contributed by atoms with van der Waals surface area (Å²) in [5.41, 5.74) is 4.35. The largest absolute Gasteiger partial charge is 0.368 e. The number of hydrogen-bond acceptors (Lipinski definition) is 3. The molecular formula is C20H22N3OS+. The third-order valence-corrected chi connectivity index (χ3v) is 5.02. The van der Waals surface area contributed by atoms with E-state index in [1.807, 2.05) is 38.1 Å². The van der Waals surface area contributed by atoms with Crippen LogP contribution in [0.2, 0.25) is 0 Å². The molecule has 0 aliphatic carbocycles. The van der Waals surface area contributed by atoms with E-state index >= 15 is 0 Å². The zero-order valence-electron chi connectivity index (χ0n) is 14.7. The number of H-pyrrole nitrogens is 1. The maximum Gasteiger partial charge on any atom is 0.368 e. The Hall–Kier alpha value is -2.53. The van der Waals surface area contributed by atoms with Crippen LogP contribution in [0, 0.1) is 13.8 Å². The van der Waals surface area contributed by atoms with Crippen molar-refractivity contribution < 1.29 is 9.78 Å². The highest BCUT2D eigenvalue weighted by molar-refractivity contribution is 7.21. The summed E-state index contributed by atoms with van der Waals surface area (Å²) in [6.07, 6.45) is 3.03. The Kier molecular flexibility index (Phi) is 5.24. The lowest BCUT2D eigenvalue weighted by molar-refractivity contribution is -0.324. The van der Waals surface area contributed by atoms with E-state index in [2.05, 4.69) is 35.2 Å². The summed E-state index contributed by atoms with van der Waals surface area (Å²) in [7, 11) is 0. The number of aryl methyl sites for hydroxylation is 2. The molecule has 3 rings (SSSR count). The van der Waals surface area contributed by atoms with E-state index in [4.69, 9.17) is 0 Å². The zero-order chi connectivity index (χ0) is 17.8. The number of aromatic nitrogens is 1. The van der Waals surface area contributed by atoms with E-state index in [0.29, 0.717) is 6.42 Å². The number of hydrogen-bond donors (Lipinski definition) is 0. The van der Waals surface area contributed by atoms with Gasteiger partial charge in [0.1, 0.15) is 5.52 Å². The van der Waals surface area contributed by atoms with Crippen LogP contribution in [0.4, 0.5) is 5.13 Å². The Bertz CT molecular complexity index is 897. The average molecular weight is 352 g/mol. The van der Waals surface area contributed by atoms with Gasteiger partial charge in [0.25, 0.3) is 0 Å². The number of thiazole rings is 1. The van der Waals surface area contributed by atoms with Crippen LogP contribution < -0.4 is 9.99 Å². The molecule has 0 spiro atoms. The van der Waals surface area contributed by atoms with Crippen LogP contribution in [0.5, 0.6) is 0 Å². The number of carbonyl (C=O) groups is 1. The van der Waals surface area contributed by atoms with Gasteiger partial charge in [0.15, 0.2) is 0 Å². The number of nitrogens with zero attached hydrogens (tertiary/aromatic N) is 2. The summed E-state index contributed by atoms with van der Waals surface area (Å²) in [5.74, 6) is -0.00753. The molecule has 0 bridgehead atoms. The first kappa shape index (κ1) is 17.3. The second kappa shape index (κ2) is 7.57. The van der Waals surface area contributed by atoms with Gasteiger partial charge in [-0.3, -0.25) is 0 Å². The number of nitrogens with one attached hydrogen (secondary N) is 1. The molecule has 3 aromatic rings. The summed E-state index contributed by atoms with van der Waals surface area (Å²) in [6.45, 7) is 6.10. The summed E-state index contributed by atoms with van der Waals surface area (Å²) < 4.78 is 1.11. The summed E-state index contributed by atoms with van der Waals surface area (Å²) >= 11 is 1.54. The van der Waals surface area contributed by atoms with Gasteiger partial charge in [0, 0.05) is 0 Å². The minimum Gasteiger partial charge on any atom is -0.244 e. The molecule has 1 N–H and O–H groups in total. The van der Waals surface area contributed by atoms with Crippen LogP contribution in [0.15, 0.2) is 47.6 Å². The molecule has 0 unspecified atom stereocenters. The molecule has 25 heavy (non-hydrogen) atoms. The van der Waals surface area contributed by atoms with E-state index in [1.165, 1.54) is 21.9 Å². The topological polar surface area (TPSA) is 46.8 Å². The van der Waals surface area contributed by atoms with Crippen molar-refractivity contribution in [1.29, 1.82) is 0 Å². The number of benzene rings is 2. The molecule has 0 saturated carbocycles. The second-order valence-corrected chi connectivity index (χ2v) is 7.12. The fourth-order valence-electron chi connectivity index (χ4n) is 2.57. The van der Waals surface area contributed by atoms with Gasteiger partial charge in [0.05, 0.1) is 17.3 Å². The van der Waals surface area contributed by atoms with Crippen LogP contribution in [-0.2, 0) is 4.79 Å². The third-order valence-electron chi connectivity index (χ3n) is 3.97. The minimum atomic E-state index is -0.00753. The molecule has 1 heterocycles. The maximum atomic E-state index is 12.6. The number of carbonyl (C=O) groups excluding carboxylic acids is 1. The molecule has 4 nitrogen and oxygen atoms in total. The van der Waals surface area contributed by atoms with Gasteiger partial charge in [-0.1, -0.05) is 52.9 Å². The standard InChI is InChI=1S/C20H21N3OS/c1-4-7-19(24)23(20-22-17-8-5-6-9-18(17)25-20)21-13-16-12-14(2)10-11-15(16)3/h5-6,8-13H,4,7H2,1-3H3/p+1/b21-13+. The van der Waals surface area contributed by atoms with Crippen LogP contribution in [0.25, 0.3) is 10.2 Å². The number of aromatic amines is 1. The van der Waals surface area contributed by atoms with Crippen molar-refractivity contribution in [3.05, 3.63) is 59.2 Å². The van der Waals surface area contributed by atoms with Crippen molar-refractivity contribution in [3.63, 3.8) is 0 Å². The molecule has 128 valence electrons. The van der Waals surface area contributed by atoms with Crippen LogP contribution in [0.1, 0.15) is 36.5 Å². The molecule has 0 radical (unpaired) electrons. The van der Waals surface area contributed by atoms with Crippen molar-refractivity contribution in [2.75, 3.05) is 5.01 Å². The first-order valence-corrected chi connectivity index (χ1v) is 9.25. The monoisotopic (exact) mass is 352 g/mol. The van der Waals surface area contributed by atoms with Crippen molar-refractivity contribution in [3.8, 4) is 0 Å². The molecule has 0 atom stereocenters. The Morgan fingerprint density at radius 1 is 1.24 bits per heavy atom. The van der Waals surface area contributed by atoms with E-state index in [9.17, 15) is 4.79 Å². The molecule has 5 heteroatoms. The lowest BCUT2D eigenvalue weighted by Crippen LogP contribution is -2.28. The molecule has 0 aliphatic heterocycles. The van der Waals surface area contributed by atoms with Crippen molar-refractivity contribution >= 4 is 38.8 Å². The van der Waals surface area contributed by atoms with Gasteiger partial charge in [-0.2, -0.15) is 0 Å². The maximum absolute atomic E-state index is 12.6. The quantitative estimate of drug-likeness (QED) is 0.492. The summed E-state index contributed by atoms with van der Waals surface area (Å²) in [5, 5.41) is 6.75. The number of anilines is 1. The SMILES string of the molecule is CCCC(=O)N(/N=C/c1cc(C)ccc1C)c1[nH+]c2ccccc2s1. The lowest BCUT2D eigenvalue weighted by Gasteiger charge is -2.06. The van der Waals surface area contributed by atoms with Gasteiger partial charge >= 0.3 is 11.0 Å². The zero-order valence-corrected chi connectivity index (χ0v) is 15.6. The van der Waals surface area contributed by atoms with E-state index in [0.717, 1.165) is 32.9 Å². The predicted molar refractivity (Wildman–Crippen MR) is 104 cm³/mol. The van der Waals surface area contributed by atoms with Gasteiger partial charge in [-0.05, 0) is 54.9 Å². The van der Waals surface area contributed by atoms with Crippen LogP contribution in [0.3, 0.4) is 0 Å². The fourth-order valence-corrected chi connectivity index (χ4v) is 3.55. The van der Waals surface area contributed by atoms with Crippen LogP contribution in [-0.4, -0.2) is 12.1 Å².